The van der Waals surface area contributed by atoms with Crippen LogP contribution < -0.4 is 10.2 Å². The van der Waals surface area contributed by atoms with Crippen molar-refractivity contribution in [2.45, 2.75) is 6.42 Å². The summed E-state index contributed by atoms with van der Waals surface area (Å²) in [5.41, 5.74) is 0.633. The van der Waals surface area contributed by atoms with E-state index in [-0.39, 0.29) is 19.0 Å². The molecule has 0 aliphatic carbocycles. The van der Waals surface area contributed by atoms with Crippen molar-refractivity contribution in [3.05, 3.63) is 29.3 Å². The molecule has 0 fully saturated rings. The smallest absolute Gasteiger partial charge is 0.323 e. The Hall–Kier alpha value is -1.79. The number of anilines is 1. The number of carbonyl (C=O) groups excluding carboxylic acids is 1. The van der Waals surface area contributed by atoms with Gasteiger partial charge in [0.1, 0.15) is 6.54 Å². The number of ether oxygens (including phenoxy) is 1. The molecule has 0 spiro atoms. The minimum atomic E-state index is -1.00. The van der Waals surface area contributed by atoms with Crippen molar-refractivity contribution in [2.75, 3.05) is 38.3 Å². The van der Waals surface area contributed by atoms with Crippen LogP contribution in [-0.2, 0) is 14.3 Å². The van der Waals surface area contributed by atoms with Gasteiger partial charge in [0.05, 0.1) is 6.54 Å². The summed E-state index contributed by atoms with van der Waals surface area (Å²) in [6, 6.07) is 6.68. The number of rotatable bonds is 9. The number of halogens is 1. The zero-order chi connectivity index (χ0) is 15.7. The Morgan fingerprint density at radius 1 is 1.29 bits per heavy atom. The van der Waals surface area contributed by atoms with E-state index in [4.69, 9.17) is 21.4 Å². The second-order valence-electron chi connectivity index (χ2n) is 4.42. The van der Waals surface area contributed by atoms with Crippen LogP contribution >= 0.6 is 11.6 Å². The summed E-state index contributed by atoms with van der Waals surface area (Å²) in [4.78, 5) is 24.2. The number of benzene rings is 1. The topological polar surface area (TPSA) is 78.9 Å². The lowest BCUT2D eigenvalue weighted by Crippen LogP contribution is -2.40. The molecule has 116 valence electrons. The fraction of sp³-hybridized carbons (Fsp3) is 0.429. The number of carbonyl (C=O) groups is 2. The summed E-state index contributed by atoms with van der Waals surface area (Å²) >= 11 is 5.80. The highest BCUT2D eigenvalue weighted by Crippen LogP contribution is 2.17. The molecule has 0 aromatic heterocycles. The highest BCUT2D eigenvalue weighted by Gasteiger charge is 2.14. The molecule has 6 nitrogen and oxygen atoms in total. The molecule has 0 aliphatic heterocycles. The number of hydrogen-bond acceptors (Lipinski definition) is 4. The summed E-state index contributed by atoms with van der Waals surface area (Å²) in [5, 5.41) is 12.2. The van der Waals surface area contributed by atoms with E-state index in [1.165, 1.54) is 4.90 Å². The van der Waals surface area contributed by atoms with Crippen molar-refractivity contribution in [3.63, 3.8) is 0 Å². The monoisotopic (exact) mass is 314 g/mol. The Morgan fingerprint density at radius 2 is 1.95 bits per heavy atom. The maximum absolute atomic E-state index is 11.8. The van der Waals surface area contributed by atoms with Crippen LogP contribution in [0.3, 0.4) is 0 Å². The van der Waals surface area contributed by atoms with E-state index in [0.29, 0.717) is 30.3 Å². The number of amides is 1. The normalized spacial score (nSPS) is 10.2. The molecule has 0 heterocycles. The molecule has 0 radical (unpaired) electrons. The first kappa shape index (κ1) is 17.3. The zero-order valence-corrected chi connectivity index (χ0v) is 12.6. The lowest BCUT2D eigenvalue weighted by Gasteiger charge is -2.22. The van der Waals surface area contributed by atoms with Crippen molar-refractivity contribution in [2.24, 2.45) is 0 Å². The minimum absolute atomic E-state index is 0.0269. The van der Waals surface area contributed by atoms with E-state index in [0.717, 1.165) is 0 Å². The third kappa shape index (κ3) is 6.97. The zero-order valence-electron chi connectivity index (χ0n) is 11.8. The maximum atomic E-state index is 11.8. The Labute approximate surface area is 128 Å². The number of hydrogen-bond donors (Lipinski definition) is 2. The molecular formula is C14H19ClN2O4. The van der Waals surface area contributed by atoms with Gasteiger partial charge in [-0.2, -0.15) is 0 Å². The Kier molecular flexibility index (Phi) is 7.56. The standard InChI is InChI=1S/C14H19ClN2O4/c1-21-8-2-7-16-13(18)9-17(10-14(19)20)12-5-3-11(15)4-6-12/h3-6H,2,7-10H2,1H3,(H,16,18)(H,19,20). The van der Waals surface area contributed by atoms with Crippen LogP contribution in [-0.4, -0.2) is 50.3 Å². The van der Waals surface area contributed by atoms with E-state index in [1.54, 1.807) is 31.4 Å². The summed E-state index contributed by atoms with van der Waals surface area (Å²) < 4.78 is 4.89. The van der Waals surface area contributed by atoms with E-state index in [2.05, 4.69) is 5.32 Å². The van der Waals surface area contributed by atoms with Crippen LogP contribution in [0.5, 0.6) is 0 Å². The molecule has 1 aromatic carbocycles. The lowest BCUT2D eigenvalue weighted by atomic mass is 10.2. The van der Waals surface area contributed by atoms with Crippen LogP contribution in [0.15, 0.2) is 24.3 Å². The van der Waals surface area contributed by atoms with Crippen LogP contribution in [0.1, 0.15) is 6.42 Å². The van der Waals surface area contributed by atoms with Crippen molar-refractivity contribution in [3.8, 4) is 0 Å². The van der Waals surface area contributed by atoms with Gasteiger partial charge in [0.15, 0.2) is 0 Å². The number of carboxylic acid groups (broad SMARTS) is 1. The van der Waals surface area contributed by atoms with Gasteiger partial charge in [-0.15, -0.1) is 0 Å². The second-order valence-corrected chi connectivity index (χ2v) is 4.86. The van der Waals surface area contributed by atoms with E-state index >= 15 is 0 Å². The third-order valence-corrected chi connectivity index (χ3v) is 2.95. The number of methoxy groups -OCH3 is 1. The molecule has 7 heteroatoms. The highest BCUT2D eigenvalue weighted by molar-refractivity contribution is 6.30. The van der Waals surface area contributed by atoms with Crippen molar-refractivity contribution in [1.29, 1.82) is 0 Å². The maximum Gasteiger partial charge on any atom is 0.323 e. The minimum Gasteiger partial charge on any atom is -0.480 e. The first-order chi connectivity index (χ1) is 10.0. The molecule has 21 heavy (non-hydrogen) atoms. The third-order valence-electron chi connectivity index (χ3n) is 2.70. The van der Waals surface area contributed by atoms with Crippen molar-refractivity contribution >= 4 is 29.2 Å². The molecule has 0 saturated carbocycles. The molecular weight excluding hydrogens is 296 g/mol. The molecule has 0 unspecified atom stereocenters. The van der Waals surface area contributed by atoms with Gasteiger partial charge in [0, 0.05) is 31.0 Å². The predicted molar refractivity (Wildman–Crippen MR) is 80.8 cm³/mol. The van der Waals surface area contributed by atoms with Gasteiger partial charge in [-0.25, -0.2) is 0 Å². The first-order valence-corrected chi connectivity index (χ1v) is 6.88. The highest BCUT2D eigenvalue weighted by atomic mass is 35.5. The molecule has 1 aromatic rings. The van der Waals surface area contributed by atoms with Crippen molar-refractivity contribution in [1.82, 2.24) is 5.32 Å². The average molecular weight is 315 g/mol. The van der Waals surface area contributed by atoms with Gasteiger partial charge in [-0.3, -0.25) is 9.59 Å². The first-order valence-electron chi connectivity index (χ1n) is 6.51. The van der Waals surface area contributed by atoms with Gasteiger partial charge in [0.2, 0.25) is 5.91 Å². The fourth-order valence-corrected chi connectivity index (χ4v) is 1.85. The van der Waals surface area contributed by atoms with Crippen LogP contribution in [0.25, 0.3) is 0 Å². The molecule has 0 saturated heterocycles. The molecule has 0 aliphatic rings. The van der Waals surface area contributed by atoms with E-state index in [9.17, 15) is 9.59 Å². The summed E-state index contributed by atoms with van der Waals surface area (Å²) in [7, 11) is 1.59. The summed E-state index contributed by atoms with van der Waals surface area (Å²) in [6.45, 7) is 0.776. The van der Waals surface area contributed by atoms with Gasteiger partial charge in [-0.05, 0) is 30.7 Å². The van der Waals surface area contributed by atoms with Crippen molar-refractivity contribution < 1.29 is 19.4 Å². The molecule has 2 N–H and O–H groups in total. The second kappa shape index (κ2) is 9.20. The van der Waals surface area contributed by atoms with Crippen LogP contribution in [0.2, 0.25) is 5.02 Å². The Morgan fingerprint density at radius 3 is 2.52 bits per heavy atom. The Bertz CT molecular complexity index is 465. The van der Waals surface area contributed by atoms with Gasteiger partial charge < -0.3 is 20.1 Å². The van der Waals surface area contributed by atoms with E-state index < -0.39 is 5.97 Å². The number of aliphatic carboxylic acids is 1. The lowest BCUT2D eigenvalue weighted by molar-refractivity contribution is -0.135. The average Bonchev–Trinajstić information content (AvgIpc) is 2.43. The summed E-state index contributed by atoms with van der Waals surface area (Å²) in [5.74, 6) is -1.24. The van der Waals surface area contributed by atoms with Gasteiger partial charge in [-0.1, -0.05) is 11.6 Å². The van der Waals surface area contributed by atoms with E-state index in [1.807, 2.05) is 0 Å². The summed E-state index contributed by atoms with van der Waals surface area (Å²) in [6.07, 6.45) is 0.710. The van der Waals surface area contributed by atoms with Gasteiger partial charge >= 0.3 is 5.97 Å². The molecule has 0 atom stereocenters. The number of nitrogens with one attached hydrogen (secondary N) is 1. The molecule has 1 rings (SSSR count). The quantitative estimate of drug-likeness (QED) is 0.673. The predicted octanol–water partition coefficient (Wildman–Crippen LogP) is 1.38. The number of nitrogens with zero attached hydrogens (tertiary/aromatic N) is 1. The fourth-order valence-electron chi connectivity index (χ4n) is 1.73. The Balaban J connectivity index is 2.59. The molecule has 1 amide bonds. The van der Waals surface area contributed by atoms with Crippen LogP contribution in [0, 0.1) is 0 Å². The molecule has 0 bridgehead atoms. The number of carboxylic acids is 1. The SMILES string of the molecule is COCCCNC(=O)CN(CC(=O)O)c1ccc(Cl)cc1. The van der Waals surface area contributed by atoms with Crippen LogP contribution in [0.4, 0.5) is 5.69 Å². The largest absolute Gasteiger partial charge is 0.480 e. The van der Waals surface area contributed by atoms with Gasteiger partial charge in [0.25, 0.3) is 0 Å².